The van der Waals surface area contributed by atoms with E-state index in [1.807, 2.05) is 0 Å². The number of hydrogen-bond acceptors (Lipinski definition) is 2. The van der Waals surface area contributed by atoms with Gasteiger partial charge in [0.05, 0.1) is 0 Å². The topological polar surface area (TPSA) is 15.3 Å². The van der Waals surface area contributed by atoms with E-state index in [9.17, 15) is 0 Å². The van der Waals surface area contributed by atoms with Crippen LogP contribution in [0.5, 0.6) is 0 Å². The molecular formula is C14H21BrN2. The standard InChI is InChI=1S/C14H21BrN2/c1-2-17-8-4-7-14(11-17)16-10-12-5-3-6-13(15)9-12/h3,5-6,9,14,16H,2,4,7-8,10-11H2,1H3. The fourth-order valence-corrected chi connectivity index (χ4v) is 2.87. The van der Waals surface area contributed by atoms with Crippen molar-refractivity contribution in [2.24, 2.45) is 0 Å². The predicted molar refractivity (Wildman–Crippen MR) is 76.1 cm³/mol. The Morgan fingerprint density at radius 2 is 2.35 bits per heavy atom. The molecule has 1 N–H and O–H groups in total. The predicted octanol–water partition coefficient (Wildman–Crippen LogP) is 3.02. The molecule has 1 aliphatic rings. The smallest absolute Gasteiger partial charge is 0.0209 e. The highest BCUT2D eigenvalue weighted by atomic mass is 79.9. The summed E-state index contributed by atoms with van der Waals surface area (Å²) >= 11 is 3.51. The van der Waals surface area contributed by atoms with Gasteiger partial charge in [-0.25, -0.2) is 0 Å². The lowest BCUT2D eigenvalue weighted by Crippen LogP contribution is -2.45. The van der Waals surface area contributed by atoms with Crippen LogP contribution >= 0.6 is 15.9 Å². The van der Waals surface area contributed by atoms with Gasteiger partial charge in [0.2, 0.25) is 0 Å². The van der Waals surface area contributed by atoms with E-state index in [0.717, 1.165) is 11.0 Å². The molecule has 1 aromatic carbocycles. The van der Waals surface area contributed by atoms with Crippen LogP contribution < -0.4 is 5.32 Å². The Morgan fingerprint density at radius 1 is 1.47 bits per heavy atom. The summed E-state index contributed by atoms with van der Waals surface area (Å²) in [7, 11) is 0. The number of nitrogens with one attached hydrogen (secondary N) is 1. The van der Waals surface area contributed by atoms with Gasteiger partial charge < -0.3 is 10.2 Å². The van der Waals surface area contributed by atoms with Gasteiger partial charge in [0.25, 0.3) is 0 Å². The Hall–Kier alpha value is -0.380. The minimum absolute atomic E-state index is 0.655. The molecule has 2 nitrogen and oxygen atoms in total. The first-order chi connectivity index (χ1) is 8.28. The van der Waals surface area contributed by atoms with Gasteiger partial charge in [0.15, 0.2) is 0 Å². The van der Waals surface area contributed by atoms with E-state index in [0.29, 0.717) is 6.04 Å². The lowest BCUT2D eigenvalue weighted by molar-refractivity contribution is 0.198. The van der Waals surface area contributed by atoms with Crippen molar-refractivity contribution in [1.82, 2.24) is 10.2 Å². The van der Waals surface area contributed by atoms with Gasteiger partial charge in [-0.15, -0.1) is 0 Å². The summed E-state index contributed by atoms with van der Waals surface area (Å²) in [5.74, 6) is 0. The summed E-state index contributed by atoms with van der Waals surface area (Å²) in [5.41, 5.74) is 1.35. The highest BCUT2D eigenvalue weighted by molar-refractivity contribution is 9.10. The maximum absolute atomic E-state index is 3.67. The average molecular weight is 297 g/mol. The van der Waals surface area contributed by atoms with Crippen LogP contribution in [0.1, 0.15) is 25.3 Å². The van der Waals surface area contributed by atoms with Crippen molar-refractivity contribution in [2.75, 3.05) is 19.6 Å². The Bertz CT molecular complexity index is 354. The molecule has 1 fully saturated rings. The van der Waals surface area contributed by atoms with Gasteiger partial charge in [-0.1, -0.05) is 35.0 Å². The van der Waals surface area contributed by atoms with Crippen LogP contribution in [0.4, 0.5) is 0 Å². The maximum Gasteiger partial charge on any atom is 0.0209 e. The Balaban J connectivity index is 1.81. The van der Waals surface area contributed by atoms with Crippen molar-refractivity contribution in [3.63, 3.8) is 0 Å². The molecule has 2 rings (SSSR count). The van der Waals surface area contributed by atoms with E-state index in [1.54, 1.807) is 0 Å². The van der Waals surface area contributed by atoms with Crippen molar-refractivity contribution in [3.05, 3.63) is 34.3 Å². The number of halogens is 1. The SMILES string of the molecule is CCN1CCCC(NCc2cccc(Br)c2)C1. The second-order valence-corrected chi connectivity index (χ2v) is 5.66. The second kappa shape index (κ2) is 6.53. The van der Waals surface area contributed by atoms with Crippen LogP contribution in [-0.2, 0) is 6.54 Å². The Kier molecular flexibility index (Phi) is 5.01. The zero-order chi connectivity index (χ0) is 12.1. The first-order valence-corrected chi connectivity index (χ1v) is 7.27. The molecule has 1 unspecified atom stereocenters. The van der Waals surface area contributed by atoms with E-state index in [4.69, 9.17) is 0 Å². The van der Waals surface area contributed by atoms with Crippen molar-refractivity contribution >= 4 is 15.9 Å². The molecule has 0 bridgehead atoms. The Labute approximate surface area is 113 Å². The first-order valence-electron chi connectivity index (χ1n) is 6.48. The molecule has 0 amide bonds. The summed E-state index contributed by atoms with van der Waals surface area (Å²) in [5, 5.41) is 3.67. The van der Waals surface area contributed by atoms with Crippen LogP contribution in [0.3, 0.4) is 0 Å². The number of likely N-dealkylation sites (tertiary alicyclic amines) is 1. The summed E-state index contributed by atoms with van der Waals surface area (Å²) in [6, 6.07) is 9.19. The monoisotopic (exact) mass is 296 g/mol. The normalized spacial score (nSPS) is 21.6. The van der Waals surface area contributed by atoms with E-state index >= 15 is 0 Å². The fourth-order valence-electron chi connectivity index (χ4n) is 2.42. The molecule has 1 heterocycles. The molecule has 0 spiro atoms. The lowest BCUT2D eigenvalue weighted by Gasteiger charge is -2.32. The van der Waals surface area contributed by atoms with Crippen molar-refractivity contribution < 1.29 is 0 Å². The van der Waals surface area contributed by atoms with E-state index < -0.39 is 0 Å². The van der Waals surface area contributed by atoms with Gasteiger partial charge in [-0.3, -0.25) is 0 Å². The van der Waals surface area contributed by atoms with Crippen LogP contribution in [-0.4, -0.2) is 30.6 Å². The van der Waals surface area contributed by atoms with Crippen LogP contribution in [0.25, 0.3) is 0 Å². The van der Waals surface area contributed by atoms with Gasteiger partial charge in [-0.05, 0) is 43.6 Å². The zero-order valence-corrected chi connectivity index (χ0v) is 12.0. The second-order valence-electron chi connectivity index (χ2n) is 4.74. The Morgan fingerprint density at radius 3 is 3.12 bits per heavy atom. The number of nitrogens with zero attached hydrogens (tertiary/aromatic N) is 1. The highest BCUT2D eigenvalue weighted by Crippen LogP contribution is 2.13. The minimum Gasteiger partial charge on any atom is -0.309 e. The molecule has 1 atom stereocenters. The molecular weight excluding hydrogens is 276 g/mol. The summed E-state index contributed by atoms with van der Waals surface area (Å²) in [4.78, 5) is 2.53. The third kappa shape index (κ3) is 4.09. The molecule has 0 radical (unpaired) electrons. The molecule has 17 heavy (non-hydrogen) atoms. The molecule has 1 aliphatic heterocycles. The number of rotatable bonds is 4. The number of piperidine rings is 1. The van der Waals surface area contributed by atoms with Crippen molar-refractivity contribution in [3.8, 4) is 0 Å². The van der Waals surface area contributed by atoms with Gasteiger partial charge >= 0.3 is 0 Å². The van der Waals surface area contributed by atoms with E-state index in [2.05, 4.69) is 57.3 Å². The van der Waals surface area contributed by atoms with Crippen molar-refractivity contribution in [2.45, 2.75) is 32.4 Å². The summed E-state index contributed by atoms with van der Waals surface area (Å²) < 4.78 is 1.16. The van der Waals surface area contributed by atoms with Gasteiger partial charge in [-0.2, -0.15) is 0 Å². The molecule has 1 aromatic rings. The molecule has 1 saturated heterocycles. The quantitative estimate of drug-likeness (QED) is 0.919. The third-order valence-electron chi connectivity index (χ3n) is 3.44. The molecule has 0 aromatic heterocycles. The minimum atomic E-state index is 0.655. The molecule has 0 saturated carbocycles. The van der Waals surface area contributed by atoms with Gasteiger partial charge in [0.1, 0.15) is 0 Å². The van der Waals surface area contributed by atoms with E-state index in [1.165, 1.54) is 38.0 Å². The zero-order valence-electron chi connectivity index (χ0n) is 10.5. The van der Waals surface area contributed by atoms with Crippen LogP contribution in [0.15, 0.2) is 28.7 Å². The fraction of sp³-hybridized carbons (Fsp3) is 0.571. The van der Waals surface area contributed by atoms with Crippen LogP contribution in [0, 0.1) is 0 Å². The van der Waals surface area contributed by atoms with E-state index in [-0.39, 0.29) is 0 Å². The average Bonchev–Trinajstić information content (AvgIpc) is 2.37. The number of benzene rings is 1. The number of likely N-dealkylation sites (N-methyl/N-ethyl adjacent to an activating group) is 1. The maximum atomic E-state index is 3.67. The first kappa shape index (κ1) is 13.1. The third-order valence-corrected chi connectivity index (χ3v) is 3.93. The summed E-state index contributed by atoms with van der Waals surface area (Å²) in [6.45, 7) is 6.86. The van der Waals surface area contributed by atoms with Gasteiger partial charge in [0, 0.05) is 23.6 Å². The molecule has 3 heteroatoms. The lowest BCUT2D eigenvalue weighted by atomic mass is 10.1. The molecule has 0 aliphatic carbocycles. The highest BCUT2D eigenvalue weighted by Gasteiger charge is 2.17. The number of hydrogen-bond donors (Lipinski definition) is 1. The van der Waals surface area contributed by atoms with Crippen molar-refractivity contribution in [1.29, 1.82) is 0 Å². The largest absolute Gasteiger partial charge is 0.309 e. The summed E-state index contributed by atoms with van der Waals surface area (Å²) in [6.07, 6.45) is 2.63. The molecule has 94 valence electrons. The van der Waals surface area contributed by atoms with Crippen LogP contribution in [0.2, 0.25) is 0 Å².